The van der Waals surface area contributed by atoms with E-state index in [2.05, 4.69) is 81.4 Å². The summed E-state index contributed by atoms with van der Waals surface area (Å²) in [6, 6.07) is 17.0. The molecule has 0 fully saturated rings. The fraction of sp³-hybridized carbons (Fsp3) is 0.118. The Hall–Kier alpha value is -1.37. The minimum Gasteiger partial charge on any atom is -0.309 e. The van der Waals surface area contributed by atoms with Crippen LogP contribution >= 0.6 is 35.0 Å². The van der Waals surface area contributed by atoms with Crippen molar-refractivity contribution in [1.29, 1.82) is 0 Å². The molecule has 0 saturated heterocycles. The molecule has 0 aliphatic rings. The predicted molar refractivity (Wildman–Crippen MR) is 101 cm³/mol. The first kappa shape index (κ1) is 17.0. The SMILES string of the molecule is Cl.Ic1ccccc1CNCc1ccc(-n2ccnc2)cc1. The van der Waals surface area contributed by atoms with E-state index in [-0.39, 0.29) is 12.4 Å². The number of hydrogen-bond donors (Lipinski definition) is 1. The van der Waals surface area contributed by atoms with Crippen molar-refractivity contribution in [3.8, 4) is 5.69 Å². The summed E-state index contributed by atoms with van der Waals surface area (Å²) in [5.74, 6) is 0. The Labute approximate surface area is 150 Å². The van der Waals surface area contributed by atoms with Crippen LogP contribution in [0.5, 0.6) is 0 Å². The van der Waals surface area contributed by atoms with Gasteiger partial charge in [0.2, 0.25) is 0 Å². The second-order valence-electron chi connectivity index (χ2n) is 4.83. The molecule has 1 heterocycles. The van der Waals surface area contributed by atoms with Gasteiger partial charge in [-0.1, -0.05) is 30.3 Å². The fourth-order valence-electron chi connectivity index (χ4n) is 2.18. The topological polar surface area (TPSA) is 29.9 Å². The second-order valence-corrected chi connectivity index (χ2v) is 5.99. The second kappa shape index (κ2) is 8.31. The third kappa shape index (κ3) is 4.32. The van der Waals surface area contributed by atoms with Crippen molar-refractivity contribution in [1.82, 2.24) is 14.9 Å². The molecule has 0 spiro atoms. The molecule has 3 nitrogen and oxygen atoms in total. The van der Waals surface area contributed by atoms with Crippen LogP contribution in [0.25, 0.3) is 5.69 Å². The Morgan fingerprint density at radius 2 is 1.77 bits per heavy atom. The quantitative estimate of drug-likeness (QED) is 0.621. The van der Waals surface area contributed by atoms with Gasteiger partial charge in [0.25, 0.3) is 0 Å². The van der Waals surface area contributed by atoms with Gasteiger partial charge in [0.15, 0.2) is 0 Å². The average molecular weight is 426 g/mol. The van der Waals surface area contributed by atoms with E-state index in [4.69, 9.17) is 0 Å². The zero-order chi connectivity index (χ0) is 14.5. The first-order valence-corrected chi connectivity index (χ1v) is 7.92. The summed E-state index contributed by atoms with van der Waals surface area (Å²) in [7, 11) is 0. The molecule has 5 heteroatoms. The molecule has 114 valence electrons. The van der Waals surface area contributed by atoms with E-state index in [1.165, 1.54) is 14.7 Å². The zero-order valence-corrected chi connectivity index (χ0v) is 14.9. The summed E-state index contributed by atoms with van der Waals surface area (Å²) in [4.78, 5) is 4.06. The summed E-state index contributed by atoms with van der Waals surface area (Å²) in [5, 5.41) is 3.49. The zero-order valence-electron chi connectivity index (χ0n) is 11.9. The molecule has 0 atom stereocenters. The van der Waals surface area contributed by atoms with E-state index in [1.54, 1.807) is 6.20 Å². The maximum absolute atomic E-state index is 4.06. The summed E-state index contributed by atoms with van der Waals surface area (Å²) >= 11 is 2.38. The van der Waals surface area contributed by atoms with Crippen LogP contribution in [-0.4, -0.2) is 9.55 Å². The van der Waals surface area contributed by atoms with Gasteiger partial charge in [-0.2, -0.15) is 0 Å². The van der Waals surface area contributed by atoms with Gasteiger partial charge < -0.3 is 9.88 Å². The van der Waals surface area contributed by atoms with Gasteiger partial charge in [0, 0.05) is 34.7 Å². The lowest BCUT2D eigenvalue weighted by molar-refractivity contribution is 0.691. The molecular weight excluding hydrogens is 409 g/mol. The third-order valence-corrected chi connectivity index (χ3v) is 4.39. The van der Waals surface area contributed by atoms with Crippen molar-refractivity contribution >= 4 is 35.0 Å². The highest BCUT2D eigenvalue weighted by Crippen LogP contribution is 2.12. The monoisotopic (exact) mass is 425 g/mol. The highest BCUT2D eigenvalue weighted by molar-refractivity contribution is 14.1. The Balaban J connectivity index is 0.00000176. The van der Waals surface area contributed by atoms with Crippen molar-refractivity contribution < 1.29 is 0 Å². The van der Waals surface area contributed by atoms with Gasteiger partial charge >= 0.3 is 0 Å². The summed E-state index contributed by atoms with van der Waals surface area (Å²) in [6.45, 7) is 1.76. The van der Waals surface area contributed by atoms with Crippen LogP contribution < -0.4 is 5.32 Å². The van der Waals surface area contributed by atoms with Crippen molar-refractivity contribution in [2.45, 2.75) is 13.1 Å². The van der Waals surface area contributed by atoms with Crippen LogP contribution in [-0.2, 0) is 13.1 Å². The van der Waals surface area contributed by atoms with Gasteiger partial charge in [-0.05, 0) is 51.9 Å². The van der Waals surface area contributed by atoms with E-state index < -0.39 is 0 Å². The van der Waals surface area contributed by atoms with E-state index in [1.807, 2.05) is 17.1 Å². The van der Waals surface area contributed by atoms with Crippen LogP contribution in [0.4, 0.5) is 0 Å². The van der Waals surface area contributed by atoms with Crippen molar-refractivity contribution in [3.63, 3.8) is 0 Å². The van der Waals surface area contributed by atoms with Gasteiger partial charge in [0.1, 0.15) is 0 Å². The molecule has 0 amide bonds. The number of hydrogen-bond acceptors (Lipinski definition) is 2. The minimum atomic E-state index is 0. The van der Waals surface area contributed by atoms with Crippen LogP contribution in [0.15, 0.2) is 67.3 Å². The lowest BCUT2D eigenvalue weighted by Crippen LogP contribution is -2.13. The van der Waals surface area contributed by atoms with E-state index in [0.717, 1.165) is 18.8 Å². The standard InChI is InChI=1S/C17H16IN3.ClH/c18-17-4-2-1-3-15(17)12-20-11-14-5-7-16(8-6-14)21-10-9-19-13-21;/h1-10,13,20H,11-12H2;1H. The number of aromatic nitrogens is 2. The smallest absolute Gasteiger partial charge is 0.0991 e. The van der Waals surface area contributed by atoms with Crippen LogP contribution in [0.1, 0.15) is 11.1 Å². The summed E-state index contributed by atoms with van der Waals surface area (Å²) in [6.07, 6.45) is 5.55. The van der Waals surface area contributed by atoms with Gasteiger partial charge in [-0.25, -0.2) is 4.98 Å². The molecule has 3 aromatic rings. The first-order valence-electron chi connectivity index (χ1n) is 6.84. The van der Waals surface area contributed by atoms with Crippen LogP contribution in [0.2, 0.25) is 0 Å². The Kier molecular flexibility index (Phi) is 6.42. The van der Waals surface area contributed by atoms with Crippen molar-refractivity contribution in [3.05, 3.63) is 81.9 Å². The number of imidazole rings is 1. The third-order valence-electron chi connectivity index (χ3n) is 3.34. The lowest BCUT2D eigenvalue weighted by atomic mass is 10.2. The number of rotatable bonds is 5. The minimum absolute atomic E-state index is 0. The number of benzene rings is 2. The average Bonchev–Trinajstić information content (AvgIpc) is 3.04. The lowest BCUT2D eigenvalue weighted by Gasteiger charge is -2.08. The summed E-state index contributed by atoms with van der Waals surface area (Å²) in [5.41, 5.74) is 3.76. The molecular formula is C17H17ClIN3. The molecule has 2 aromatic carbocycles. The Morgan fingerprint density at radius 3 is 2.45 bits per heavy atom. The maximum Gasteiger partial charge on any atom is 0.0991 e. The Morgan fingerprint density at radius 1 is 1.00 bits per heavy atom. The molecule has 22 heavy (non-hydrogen) atoms. The molecule has 0 unspecified atom stereocenters. The highest BCUT2D eigenvalue weighted by Gasteiger charge is 1.99. The van der Waals surface area contributed by atoms with Crippen molar-refractivity contribution in [2.24, 2.45) is 0 Å². The van der Waals surface area contributed by atoms with Gasteiger partial charge in [0.05, 0.1) is 6.33 Å². The highest BCUT2D eigenvalue weighted by atomic mass is 127. The molecule has 0 aliphatic carbocycles. The predicted octanol–water partition coefficient (Wildman–Crippen LogP) is 4.19. The Bertz CT molecular complexity index is 696. The van der Waals surface area contributed by atoms with Gasteiger partial charge in [-0.3, -0.25) is 0 Å². The van der Waals surface area contributed by atoms with E-state index >= 15 is 0 Å². The molecule has 3 rings (SSSR count). The van der Waals surface area contributed by atoms with E-state index in [0.29, 0.717) is 0 Å². The summed E-state index contributed by atoms with van der Waals surface area (Å²) < 4.78 is 3.31. The molecule has 0 aliphatic heterocycles. The fourth-order valence-corrected chi connectivity index (χ4v) is 2.76. The number of nitrogens with zero attached hydrogens (tertiary/aromatic N) is 2. The molecule has 1 aromatic heterocycles. The van der Waals surface area contributed by atoms with E-state index in [9.17, 15) is 0 Å². The van der Waals surface area contributed by atoms with Crippen molar-refractivity contribution in [2.75, 3.05) is 0 Å². The van der Waals surface area contributed by atoms with Crippen LogP contribution in [0, 0.1) is 3.57 Å². The molecule has 0 saturated carbocycles. The molecule has 0 radical (unpaired) electrons. The number of halogens is 2. The molecule has 1 N–H and O–H groups in total. The largest absolute Gasteiger partial charge is 0.309 e. The number of nitrogens with one attached hydrogen (secondary N) is 1. The normalized spacial score (nSPS) is 10.2. The van der Waals surface area contributed by atoms with Gasteiger partial charge in [-0.15, -0.1) is 12.4 Å². The van der Waals surface area contributed by atoms with Crippen LogP contribution in [0.3, 0.4) is 0 Å². The molecule has 0 bridgehead atoms. The maximum atomic E-state index is 4.06. The first-order chi connectivity index (χ1) is 10.3.